The fourth-order valence-corrected chi connectivity index (χ4v) is 5.48. The van der Waals surface area contributed by atoms with Crippen molar-refractivity contribution in [3.05, 3.63) is 55.9 Å². The van der Waals surface area contributed by atoms with Gasteiger partial charge in [0.05, 0.1) is 37.2 Å². The van der Waals surface area contributed by atoms with Crippen LogP contribution < -0.4 is 15.0 Å². The van der Waals surface area contributed by atoms with Gasteiger partial charge in [-0.25, -0.2) is 9.67 Å². The molecule has 1 atom stereocenters. The van der Waals surface area contributed by atoms with Crippen molar-refractivity contribution in [3.63, 3.8) is 0 Å². The third-order valence-corrected chi connectivity index (χ3v) is 7.41. The Balaban J connectivity index is 1.72. The lowest BCUT2D eigenvalue weighted by molar-refractivity contribution is 0.0738. The van der Waals surface area contributed by atoms with Crippen LogP contribution in [0.25, 0.3) is 10.6 Å². The summed E-state index contributed by atoms with van der Waals surface area (Å²) in [5, 5.41) is 4.80. The van der Waals surface area contributed by atoms with Gasteiger partial charge < -0.3 is 14.4 Å². The largest absolute Gasteiger partial charge is 0.497 e. The SMILES string of the molecule is COc1ccc(C2CCCN2C(=O)c2sc(-c3c(C)c(C)nn(C)c3=O)nc2C)c(OC)c1. The minimum atomic E-state index is -0.215. The summed E-state index contributed by atoms with van der Waals surface area (Å²) in [6.07, 6.45) is 1.75. The van der Waals surface area contributed by atoms with Crippen LogP contribution in [0.3, 0.4) is 0 Å². The lowest BCUT2D eigenvalue weighted by Crippen LogP contribution is -2.30. The van der Waals surface area contributed by atoms with Crippen molar-refractivity contribution in [2.45, 2.75) is 39.7 Å². The molecule has 9 heteroatoms. The number of thiazole rings is 1. The number of nitrogens with zero attached hydrogens (tertiary/aromatic N) is 4. The quantitative estimate of drug-likeness (QED) is 0.566. The number of ether oxygens (including phenoxy) is 2. The maximum atomic E-state index is 13.7. The number of carbonyl (C=O) groups is 1. The lowest BCUT2D eigenvalue weighted by atomic mass is 10.0. The molecule has 1 unspecified atom stereocenters. The van der Waals surface area contributed by atoms with E-state index >= 15 is 0 Å². The van der Waals surface area contributed by atoms with Crippen LogP contribution >= 0.6 is 11.3 Å². The van der Waals surface area contributed by atoms with Crippen molar-refractivity contribution in [3.8, 4) is 22.1 Å². The maximum Gasteiger partial charge on any atom is 0.277 e. The van der Waals surface area contributed by atoms with Crippen LogP contribution in [0.5, 0.6) is 11.5 Å². The molecule has 0 saturated carbocycles. The van der Waals surface area contributed by atoms with Crippen LogP contribution in [0.4, 0.5) is 0 Å². The predicted molar refractivity (Wildman–Crippen MR) is 127 cm³/mol. The number of likely N-dealkylation sites (tertiary alicyclic amines) is 1. The van der Waals surface area contributed by atoms with E-state index in [1.54, 1.807) is 21.3 Å². The number of methoxy groups -OCH3 is 2. The van der Waals surface area contributed by atoms with E-state index in [2.05, 4.69) is 10.1 Å². The Labute approximate surface area is 196 Å². The Morgan fingerprint density at radius 3 is 2.61 bits per heavy atom. The first-order valence-electron chi connectivity index (χ1n) is 10.8. The molecule has 4 rings (SSSR count). The molecule has 174 valence electrons. The lowest BCUT2D eigenvalue weighted by Gasteiger charge is -2.26. The summed E-state index contributed by atoms with van der Waals surface area (Å²) >= 11 is 1.27. The molecule has 2 aromatic heterocycles. The first kappa shape index (κ1) is 23.0. The number of hydrogen-bond acceptors (Lipinski definition) is 7. The third-order valence-electron chi connectivity index (χ3n) is 6.24. The average Bonchev–Trinajstić information content (AvgIpc) is 3.44. The van der Waals surface area contributed by atoms with Crippen molar-refractivity contribution >= 4 is 17.2 Å². The second-order valence-corrected chi connectivity index (χ2v) is 9.21. The first-order valence-corrected chi connectivity index (χ1v) is 11.6. The van der Waals surface area contributed by atoms with E-state index in [0.717, 1.165) is 29.7 Å². The smallest absolute Gasteiger partial charge is 0.277 e. The summed E-state index contributed by atoms with van der Waals surface area (Å²) in [4.78, 5) is 33.5. The Hall–Kier alpha value is -3.20. The van der Waals surface area contributed by atoms with E-state index < -0.39 is 0 Å². The topological polar surface area (TPSA) is 86.6 Å². The molecule has 1 aliphatic heterocycles. The van der Waals surface area contributed by atoms with Crippen LogP contribution in [0, 0.1) is 20.8 Å². The second-order valence-electron chi connectivity index (χ2n) is 8.21. The number of hydrogen-bond donors (Lipinski definition) is 0. The zero-order chi connectivity index (χ0) is 23.9. The molecule has 1 amide bonds. The number of benzene rings is 1. The number of carbonyl (C=O) groups excluding carboxylic acids is 1. The van der Waals surface area contributed by atoms with Gasteiger partial charge in [0.25, 0.3) is 11.5 Å². The van der Waals surface area contributed by atoms with Crippen LogP contribution in [0.2, 0.25) is 0 Å². The fraction of sp³-hybridized carbons (Fsp3) is 0.417. The molecular formula is C24H28N4O4S. The van der Waals surface area contributed by atoms with E-state index in [4.69, 9.17) is 9.47 Å². The van der Waals surface area contributed by atoms with Crippen molar-refractivity contribution in [2.24, 2.45) is 7.05 Å². The van der Waals surface area contributed by atoms with E-state index in [0.29, 0.717) is 39.2 Å². The van der Waals surface area contributed by atoms with Gasteiger partial charge in [-0.3, -0.25) is 9.59 Å². The Morgan fingerprint density at radius 2 is 1.91 bits per heavy atom. The minimum absolute atomic E-state index is 0.0723. The molecule has 1 aromatic carbocycles. The summed E-state index contributed by atoms with van der Waals surface area (Å²) < 4.78 is 12.2. The zero-order valence-electron chi connectivity index (χ0n) is 19.8. The molecule has 0 bridgehead atoms. The maximum absolute atomic E-state index is 13.7. The molecule has 1 saturated heterocycles. The van der Waals surface area contributed by atoms with Gasteiger partial charge in [0.15, 0.2) is 0 Å². The summed E-state index contributed by atoms with van der Waals surface area (Å²) in [6.45, 7) is 6.20. The molecule has 8 nitrogen and oxygen atoms in total. The molecule has 3 heterocycles. The highest BCUT2D eigenvalue weighted by Crippen LogP contribution is 2.40. The summed E-state index contributed by atoms with van der Waals surface area (Å²) in [5.41, 5.74) is 3.43. The number of aryl methyl sites for hydroxylation is 3. The standard InChI is InChI=1S/C24H28N4O4S/c1-13-14(2)26-27(4)23(29)20(13)22-25-15(3)21(33-22)24(30)28-11-7-8-18(28)17-10-9-16(31-5)12-19(17)32-6/h9-10,12,18H,7-8,11H2,1-6H3. The molecule has 1 fully saturated rings. The van der Waals surface area contributed by atoms with Crippen molar-refractivity contribution in [1.82, 2.24) is 19.7 Å². The van der Waals surface area contributed by atoms with E-state index in [1.807, 2.05) is 43.9 Å². The van der Waals surface area contributed by atoms with Crippen LogP contribution in [-0.4, -0.2) is 46.3 Å². The molecule has 0 aliphatic carbocycles. The Bertz CT molecular complexity index is 1280. The Morgan fingerprint density at radius 1 is 1.15 bits per heavy atom. The van der Waals surface area contributed by atoms with Gasteiger partial charge >= 0.3 is 0 Å². The third kappa shape index (κ3) is 4.01. The average molecular weight is 469 g/mol. The van der Waals surface area contributed by atoms with Gasteiger partial charge in [-0.1, -0.05) is 0 Å². The fourth-order valence-electron chi connectivity index (χ4n) is 4.36. The molecule has 1 aliphatic rings. The van der Waals surface area contributed by atoms with Crippen molar-refractivity contribution in [1.29, 1.82) is 0 Å². The van der Waals surface area contributed by atoms with E-state index in [1.165, 1.54) is 16.0 Å². The van der Waals surface area contributed by atoms with Crippen molar-refractivity contribution in [2.75, 3.05) is 20.8 Å². The molecule has 0 spiro atoms. The first-order chi connectivity index (χ1) is 15.8. The Kier molecular flexibility index (Phi) is 6.25. The number of aromatic nitrogens is 3. The van der Waals surface area contributed by atoms with Gasteiger partial charge in [0.1, 0.15) is 21.4 Å². The highest BCUT2D eigenvalue weighted by molar-refractivity contribution is 7.17. The van der Waals surface area contributed by atoms with Gasteiger partial charge in [0.2, 0.25) is 0 Å². The van der Waals surface area contributed by atoms with E-state index in [9.17, 15) is 9.59 Å². The monoisotopic (exact) mass is 468 g/mol. The molecule has 0 N–H and O–H groups in total. The molecule has 33 heavy (non-hydrogen) atoms. The number of rotatable bonds is 5. The summed E-state index contributed by atoms with van der Waals surface area (Å²) in [5.74, 6) is 1.34. The van der Waals surface area contributed by atoms with Gasteiger partial charge in [-0.15, -0.1) is 11.3 Å². The second kappa shape index (κ2) is 8.97. The van der Waals surface area contributed by atoms with Crippen LogP contribution in [0.1, 0.15) is 51.1 Å². The predicted octanol–water partition coefficient (Wildman–Crippen LogP) is 3.82. The summed E-state index contributed by atoms with van der Waals surface area (Å²) in [7, 11) is 4.86. The summed E-state index contributed by atoms with van der Waals surface area (Å²) in [6, 6.07) is 5.60. The zero-order valence-corrected chi connectivity index (χ0v) is 20.6. The van der Waals surface area contributed by atoms with Gasteiger partial charge in [-0.05, 0) is 51.3 Å². The van der Waals surface area contributed by atoms with Crippen molar-refractivity contribution < 1.29 is 14.3 Å². The van der Waals surface area contributed by atoms with Gasteiger partial charge in [0, 0.05) is 25.2 Å². The van der Waals surface area contributed by atoms with Crippen LogP contribution in [-0.2, 0) is 7.05 Å². The molecule has 0 radical (unpaired) electrons. The minimum Gasteiger partial charge on any atom is -0.497 e. The molecular weight excluding hydrogens is 440 g/mol. The van der Waals surface area contributed by atoms with Gasteiger partial charge in [-0.2, -0.15) is 5.10 Å². The highest BCUT2D eigenvalue weighted by Gasteiger charge is 2.34. The van der Waals surface area contributed by atoms with E-state index in [-0.39, 0.29) is 17.5 Å². The number of amides is 1. The van der Waals surface area contributed by atoms with Crippen LogP contribution in [0.15, 0.2) is 23.0 Å². The highest BCUT2D eigenvalue weighted by atomic mass is 32.1. The molecule has 3 aromatic rings. The normalized spacial score (nSPS) is 15.7.